The maximum Gasteiger partial charge on any atom is 0.419 e. The second-order valence-electron chi connectivity index (χ2n) is 9.97. The number of halogens is 4. The van der Waals surface area contributed by atoms with Gasteiger partial charge in [-0.1, -0.05) is 0 Å². The van der Waals surface area contributed by atoms with Crippen molar-refractivity contribution in [3.05, 3.63) is 53.5 Å². The van der Waals surface area contributed by atoms with Crippen LogP contribution >= 0.6 is 0 Å². The summed E-state index contributed by atoms with van der Waals surface area (Å²) >= 11 is 0. The highest BCUT2D eigenvalue weighted by Crippen LogP contribution is 2.36. The van der Waals surface area contributed by atoms with Crippen LogP contribution in [0.5, 0.6) is 0 Å². The molecule has 13 heteroatoms. The molecule has 3 N–H and O–H groups in total. The first-order chi connectivity index (χ1) is 18.4. The van der Waals surface area contributed by atoms with Gasteiger partial charge in [-0.3, -0.25) is 0 Å². The smallest absolute Gasteiger partial charge is 0.419 e. The summed E-state index contributed by atoms with van der Waals surface area (Å²) < 4.78 is 55.9. The Morgan fingerprint density at radius 3 is 2.54 bits per heavy atom. The summed E-state index contributed by atoms with van der Waals surface area (Å²) in [6, 6.07) is 3.21. The number of likely N-dealkylation sites (N-methyl/N-ethyl adjacent to an activating group) is 1. The molecule has 0 saturated carbocycles. The van der Waals surface area contributed by atoms with Gasteiger partial charge in [0.25, 0.3) is 0 Å². The molecule has 9 nitrogen and oxygen atoms in total. The van der Waals surface area contributed by atoms with Crippen LogP contribution in [0.2, 0.25) is 0 Å². The number of hydrogen-bond acceptors (Lipinski definition) is 7. The zero-order valence-electron chi connectivity index (χ0n) is 21.9. The molecule has 1 saturated heterocycles. The zero-order valence-corrected chi connectivity index (χ0v) is 21.9. The minimum atomic E-state index is -4.82. The van der Waals surface area contributed by atoms with Gasteiger partial charge in [0, 0.05) is 49.9 Å². The molecule has 3 heterocycles. The summed E-state index contributed by atoms with van der Waals surface area (Å²) in [5.41, 5.74) is 4.82. The first kappa shape index (κ1) is 28.3. The van der Waals surface area contributed by atoms with Crippen molar-refractivity contribution in [2.24, 2.45) is 0 Å². The van der Waals surface area contributed by atoms with Gasteiger partial charge in [0.05, 0.1) is 11.3 Å². The van der Waals surface area contributed by atoms with E-state index in [1.54, 1.807) is 6.20 Å². The standard InChI is InChI=1S/C26H31F4N7O2/c1-15(2)35(3)10-11-37-13-20(17-4-5-19(27)18(12-17)26(28,29)30)34-23(37)16-6-8-36(9-7-16)24-21(25(38)39)22(31)32-14-33-24/h4-5,12-16H,6-11H2,1-3H3,(H,38,39)(H2,31,32,33). The van der Waals surface area contributed by atoms with Crippen molar-refractivity contribution in [3.63, 3.8) is 0 Å². The van der Waals surface area contributed by atoms with Crippen LogP contribution in [-0.4, -0.2) is 68.2 Å². The molecule has 1 fully saturated rings. The first-order valence-electron chi connectivity index (χ1n) is 12.6. The number of alkyl halides is 3. The molecule has 2 aromatic heterocycles. The second kappa shape index (κ2) is 11.2. The van der Waals surface area contributed by atoms with Crippen LogP contribution in [0.25, 0.3) is 11.3 Å². The van der Waals surface area contributed by atoms with Crippen molar-refractivity contribution in [1.29, 1.82) is 0 Å². The number of anilines is 2. The van der Waals surface area contributed by atoms with E-state index in [0.717, 1.165) is 18.0 Å². The molecule has 0 unspecified atom stereocenters. The highest BCUT2D eigenvalue weighted by Gasteiger charge is 2.35. The molecule has 0 amide bonds. The van der Waals surface area contributed by atoms with E-state index in [2.05, 4.69) is 28.7 Å². The minimum Gasteiger partial charge on any atom is -0.477 e. The van der Waals surface area contributed by atoms with Crippen LogP contribution < -0.4 is 10.6 Å². The molecule has 0 bridgehead atoms. The lowest BCUT2D eigenvalue weighted by Gasteiger charge is -2.33. The van der Waals surface area contributed by atoms with Crippen LogP contribution in [0, 0.1) is 5.82 Å². The third kappa shape index (κ3) is 6.13. The van der Waals surface area contributed by atoms with Gasteiger partial charge < -0.3 is 25.2 Å². The van der Waals surface area contributed by atoms with Crippen LogP contribution in [0.1, 0.15) is 54.4 Å². The fraction of sp³-hybridized carbons (Fsp3) is 0.462. The average molecular weight is 550 g/mol. The number of benzene rings is 1. The number of imidazole rings is 1. The summed E-state index contributed by atoms with van der Waals surface area (Å²) in [5, 5.41) is 9.59. The number of nitrogen functional groups attached to an aromatic ring is 1. The third-order valence-corrected chi connectivity index (χ3v) is 7.18. The average Bonchev–Trinajstić information content (AvgIpc) is 3.30. The molecule has 39 heavy (non-hydrogen) atoms. The number of hydrogen-bond donors (Lipinski definition) is 2. The van der Waals surface area contributed by atoms with Gasteiger partial charge in [-0.2, -0.15) is 13.2 Å². The van der Waals surface area contributed by atoms with Crippen molar-refractivity contribution < 1.29 is 27.5 Å². The van der Waals surface area contributed by atoms with Crippen molar-refractivity contribution in [2.75, 3.05) is 37.3 Å². The Morgan fingerprint density at radius 2 is 1.92 bits per heavy atom. The van der Waals surface area contributed by atoms with Gasteiger partial charge in [-0.05, 0) is 51.9 Å². The Kier molecular flexibility index (Phi) is 8.09. The van der Waals surface area contributed by atoms with E-state index in [-0.39, 0.29) is 28.7 Å². The SMILES string of the molecule is CC(C)N(C)CCn1cc(-c2ccc(F)c(C(F)(F)F)c2)nc1C1CCN(c2ncnc(N)c2C(=O)O)CC1. The highest BCUT2D eigenvalue weighted by molar-refractivity contribution is 5.98. The Balaban J connectivity index is 1.63. The molecule has 210 valence electrons. The summed E-state index contributed by atoms with van der Waals surface area (Å²) in [4.78, 5) is 28.4. The van der Waals surface area contributed by atoms with Gasteiger partial charge >= 0.3 is 12.1 Å². The highest BCUT2D eigenvalue weighted by atomic mass is 19.4. The van der Waals surface area contributed by atoms with Crippen molar-refractivity contribution in [2.45, 2.75) is 51.4 Å². The summed E-state index contributed by atoms with van der Waals surface area (Å²) in [7, 11) is 1.99. The molecular formula is C26H31F4N7O2. The molecule has 0 spiro atoms. The van der Waals surface area contributed by atoms with Gasteiger partial charge in [-0.25, -0.2) is 24.1 Å². The topological polar surface area (TPSA) is 113 Å². The van der Waals surface area contributed by atoms with E-state index < -0.39 is 23.5 Å². The third-order valence-electron chi connectivity index (χ3n) is 7.18. The van der Waals surface area contributed by atoms with E-state index in [1.807, 2.05) is 16.5 Å². The molecule has 0 aliphatic carbocycles. The molecule has 3 aromatic rings. The van der Waals surface area contributed by atoms with Crippen molar-refractivity contribution in [1.82, 2.24) is 24.4 Å². The molecule has 1 aliphatic heterocycles. The lowest BCUT2D eigenvalue weighted by atomic mass is 9.95. The number of rotatable bonds is 8. The van der Waals surface area contributed by atoms with E-state index >= 15 is 0 Å². The summed E-state index contributed by atoms with van der Waals surface area (Å²) in [6.45, 7) is 6.35. The Morgan fingerprint density at radius 1 is 1.23 bits per heavy atom. The first-order valence-corrected chi connectivity index (χ1v) is 12.6. The second-order valence-corrected chi connectivity index (χ2v) is 9.97. The number of carboxylic acids is 1. The number of nitrogens with two attached hydrogens (primary N) is 1. The zero-order chi connectivity index (χ0) is 28.5. The van der Waals surface area contributed by atoms with Crippen LogP contribution in [-0.2, 0) is 12.7 Å². The molecule has 4 rings (SSSR count). The Bertz CT molecular complexity index is 1330. The molecular weight excluding hydrogens is 518 g/mol. The number of nitrogens with zero attached hydrogens (tertiary/aromatic N) is 6. The van der Waals surface area contributed by atoms with Gasteiger partial charge in [0.1, 0.15) is 35.2 Å². The predicted molar refractivity (Wildman–Crippen MR) is 138 cm³/mol. The Hall–Kier alpha value is -3.74. The van der Waals surface area contributed by atoms with Crippen molar-refractivity contribution in [3.8, 4) is 11.3 Å². The normalized spacial score (nSPS) is 14.9. The molecule has 1 aliphatic rings. The van der Waals surface area contributed by atoms with E-state index in [1.165, 1.54) is 12.4 Å². The number of carboxylic acid groups (broad SMARTS) is 1. The largest absolute Gasteiger partial charge is 0.477 e. The number of carbonyl (C=O) groups is 1. The van der Waals surface area contributed by atoms with E-state index in [9.17, 15) is 27.5 Å². The van der Waals surface area contributed by atoms with Crippen LogP contribution in [0.15, 0.2) is 30.7 Å². The fourth-order valence-corrected chi connectivity index (χ4v) is 4.68. The molecule has 0 radical (unpaired) electrons. The lowest BCUT2D eigenvalue weighted by molar-refractivity contribution is -0.139. The molecule has 1 aromatic carbocycles. The van der Waals surface area contributed by atoms with Gasteiger partial charge in [0.2, 0.25) is 0 Å². The number of piperidine rings is 1. The van der Waals surface area contributed by atoms with Crippen LogP contribution in [0.4, 0.5) is 29.2 Å². The minimum absolute atomic E-state index is 0.0330. The quantitative estimate of drug-likeness (QED) is 0.395. The Labute approximate surface area is 223 Å². The maximum absolute atomic E-state index is 13.9. The fourth-order valence-electron chi connectivity index (χ4n) is 4.68. The summed E-state index contributed by atoms with van der Waals surface area (Å²) in [5.74, 6) is -1.71. The monoisotopic (exact) mass is 549 g/mol. The van der Waals surface area contributed by atoms with Crippen LogP contribution in [0.3, 0.4) is 0 Å². The van der Waals surface area contributed by atoms with E-state index in [0.29, 0.717) is 50.8 Å². The van der Waals surface area contributed by atoms with E-state index in [4.69, 9.17) is 10.7 Å². The predicted octanol–water partition coefficient (Wildman–Crippen LogP) is 4.50. The summed E-state index contributed by atoms with van der Waals surface area (Å²) in [6.07, 6.45) is -0.660. The molecule has 0 atom stereocenters. The maximum atomic E-state index is 13.9. The number of aromatic nitrogens is 4. The van der Waals surface area contributed by atoms with Crippen molar-refractivity contribution >= 4 is 17.6 Å². The lowest BCUT2D eigenvalue weighted by Crippen LogP contribution is -2.36. The van der Waals surface area contributed by atoms with Gasteiger partial charge in [0.15, 0.2) is 0 Å². The van der Waals surface area contributed by atoms with Gasteiger partial charge in [-0.15, -0.1) is 0 Å². The number of aromatic carboxylic acids is 1.